The maximum absolute atomic E-state index is 13.5. The fraction of sp³-hybridized carbons (Fsp3) is 0.0909. The second kappa shape index (κ2) is 7.52. The van der Waals surface area contributed by atoms with Crippen molar-refractivity contribution in [1.29, 1.82) is 0 Å². The van der Waals surface area contributed by atoms with Crippen LogP contribution in [0.2, 0.25) is 0 Å². The molecule has 0 saturated carbocycles. The van der Waals surface area contributed by atoms with Gasteiger partial charge in [0, 0.05) is 11.8 Å². The van der Waals surface area contributed by atoms with Crippen molar-refractivity contribution in [2.45, 2.75) is 6.04 Å². The number of carbonyl (C=O) groups is 2. The van der Waals surface area contributed by atoms with Gasteiger partial charge in [-0.2, -0.15) is 0 Å². The van der Waals surface area contributed by atoms with E-state index >= 15 is 0 Å². The van der Waals surface area contributed by atoms with Gasteiger partial charge in [-0.15, -0.1) is 11.3 Å². The van der Waals surface area contributed by atoms with Gasteiger partial charge in [-0.05, 0) is 41.3 Å². The Hall–Kier alpha value is -3.45. The lowest BCUT2D eigenvalue weighted by atomic mass is 9.95. The van der Waals surface area contributed by atoms with E-state index in [1.165, 1.54) is 47.6 Å². The Morgan fingerprint density at radius 2 is 1.90 bits per heavy atom. The highest BCUT2D eigenvalue weighted by atomic mass is 32.1. The number of carbonyl (C=O) groups excluding carboxylic acids is 2. The van der Waals surface area contributed by atoms with Gasteiger partial charge in [0.25, 0.3) is 5.91 Å². The molecule has 5 nitrogen and oxygen atoms in total. The molecule has 1 aliphatic rings. The number of anilines is 1. The number of hydrogen-bond donors (Lipinski definition) is 1. The Labute approximate surface area is 170 Å². The molecule has 0 bridgehead atoms. The number of thiophene rings is 1. The van der Waals surface area contributed by atoms with Crippen molar-refractivity contribution >= 4 is 28.7 Å². The summed E-state index contributed by atoms with van der Waals surface area (Å²) < 4.78 is 18.7. The molecule has 2 aromatic carbocycles. The average Bonchev–Trinajstić information content (AvgIpc) is 3.36. The Morgan fingerprint density at radius 1 is 1.14 bits per heavy atom. The summed E-state index contributed by atoms with van der Waals surface area (Å²) in [5, 5.41) is 12.4. The van der Waals surface area contributed by atoms with Crippen molar-refractivity contribution < 1.29 is 23.8 Å². The standard InChI is InChI=1S/C22H16FNO4S/c1-28-16-5-2-4-15(12-16)24-19(13-7-9-14(23)10-8-13)18(21(26)22(24)27)20(25)17-6-3-11-29-17/h2-12,19,26H,1H3. The summed E-state index contributed by atoms with van der Waals surface area (Å²) in [6.45, 7) is 0. The van der Waals surface area contributed by atoms with Gasteiger partial charge < -0.3 is 9.84 Å². The van der Waals surface area contributed by atoms with Gasteiger partial charge in [0.2, 0.25) is 5.78 Å². The molecule has 1 aromatic heterocycles. The van der Waals surface area contributed by atoms with E-state index in [1.807, 2.05) is 0 Å². The quantitative estimate of drug-likeness (QED) is 0.622. The van der Waals surface area contributed by atoms with E-state index in [9.17, 15) is 19.1 Å². The van der Waals surface area contributed by atoms with Crippen LogP contribution in [0.1, 0.15) is 21.3 Å². The molecule has 1 atom stereocenters. The molecule has 0 spiro atoms. The van der Waals surface area contributed by atoms with Crippen LogP contribution in [0.5, 0.6) is 5.75 Å². The number of halogens is 1. The molecule has 7 heteroatoms. The predicted molar refractivity (Wildman–Crippen MR) is 108 cm³/mol. The number of benzene rings is 2. The van der Waals surface area contributed by atoms with E-state index in [0.29, 0.717) is 21.9 Å². The molecule has 0 fully saturated rings. The first-order valence-electron chi connectivity index (χ1n) is 8.75. The minimum Gasteiger partial charge on any atom is -0.503 e. The Kier molecular flexibility index (Phi) is 4.90. The molecule has 1 unspecified atom stereocenters. The van der Waals surface area contributed by atoms with Crippen molar-refractivity contribution in [3.8, 4) is 5.75 Å². The number of Topliss-reactive ketones (excluding diaryl/α,β-unsaturated/α-hetero) is 1. The highest BCUT2D eigenvalue weighted by Crippen LogP contribution is 2.42. The molecule has 0 aliphatic carbocycles. The number of ketones is 1. The largest absolute Gasteiger partial charge is 0.503 e. The van der Waals surface area contributed by atoms with Gasteiger partial charge in [0.15, 0.2) is 5.76 Å². The highest BCUT2D eigenvalue weighted by molar-refractivity contribution is 7.12. The minimum absolute atomic E-state index is 0.0353. The molecular weight excluding hydrogens is 393 g/mol. The topological polar surface area (TPSA) is 66.8 Å². The number of aliphatic hydroxyl groups excluding tert-OH is 1. The first-order valence-corrected chi connectivity index (χ1v) is 9.63. The third-order valence-electron chi connectivity index (χ3n) is 4.71. The van der Waals surface area contributed by atoms with Gasteiger partial charge in [-0.1, -0.05) is 24.3 Å². The molecule has 1 N–H and O–H groups in total. The van der Waals surface area contributed by atoms with Crippen molar-refractivity contribution in [1.82, 2.24) is 0 Å². The second-order valence-corrected chi connectivity index (χ2v) is 7.35. The van der Waals surface area contributed by atoms with Crippen molar-refractivity contribution in [3.05, 3.63) is 93.6 Å². The van der Waals surface area contributed by atoms with Crippen LogP contribution in [0.3, 0.4) is 0 Å². The van der Waals surface area contributed by atoms with Crippen LogP contribution in [-0.4, -0.2) is 23.9 Å². The zero-order valence-corrected chi connectivity index (χ0v) is 16.2. The van der Waals surface area contributed by atoms with E-state index in [4.69, 9.17) is 4.74 Å². The predicted octanol–water partition coefficient (Wildman–Crippen LogP) is 4.68. The normalized spacial score (nSPS) is 16.4. The smallest absolute Gasteiger partial charge is 0.294 e. The average molecular weight is 409 g/mol. The Balaban J connectivity index is 1.88. The lowest BCUT2D eigenvalue weighted by Gasteiger charge is -2.27. The first kappa shape index (κ1) is 18.9. The summed E-state index contributed by atoms with van der Waals surface area (Å²) in [7, 11) is 1.50. The van der Waals surface area contributed by atoms with Crippen LogP contribution < -0.4 is 9.64 Å². The molecular formula is C22H16FNO4S. The summed E-state index contributed by atoms with van der Waals surface area (Å²) in [6, 6.07) is 14.7. The van der Waals surface area contributed by atoms with Crippen LogP contribution in [-0.2, 0) is 4.79 Å². The zero-order valence-electron chi connectivity index (χ0n) is 15.3. The maximum Gasteiger partial charge on any atom is 0.294 e. The van der Waals surface area contributed by atoms with E-state index < -0.39 is 29.3 Å². The fourth-order valence-corrected chi connectivity index (χ4v) is 4.04. The summed E-state index contributed by atoms with van der Waals surface area (Å²) in [4.78, 5) is 27.9. The van der Waals surface area contributed by atoms with Gasteiger partial charge >= 0.3 is 0 Å². The number of amides is 1. The molecule has 29 heavy (non-hydrogen) atoms. The lowest BCUT2D eigenvalue weighted by Crippen LogP contribution is -2.31. The second-order valence-electron chi connectivity index (χ2n) is 6.40. The van der Waals surface area contributed by atoms with Crippen LogP contribution in [0.25, 0.3) is 0 Å². The van der Waals surface area contributed by atoms with Crippen molar-refractivity contribution in [2.24, 2.45) is 0 Å². The third kappa shape index (κ3) is 3.30. The monoisotopic (exact) mass is 409 g/mol. The van der Waals surface area contributed by atoms with Crippen molar-refractivity contribution in [2.75, 3.05) is 12.0 Å². The van der Waals surface area contributed by atoms with E-state index in [0.717, 1.165) is 0 Å². The van der Waals surface area contributed by atoms with Gasteiger partial charge in [-0.3, -0.25) is 14.5 Å². The first-order chi connectivity index (χ1) is 14.0. The van der Waals surface area contributed by atoms with E-state index in [1.54, 1.807) is 41.8 Å². The number of aliphatic hydroxyl groups is 1. The highest BCUT2D eigenvalue weighted by Gasteiger charge is 2.44. The lowest BCUT2D eigenvalue weighted by molar-refractivity contribution is -0.117. The number of methoxy groups -OCH3 is 1. The SMILES string of the molecule is COc1cccc(N2C(=O)C(O)=C(C(=O)c3cccs3)C2c2ccc(F)cc2)c1. The molecule has 1 aliphatic heterocycles. The maximum atomic E-state index is 13.5. The molecule has 4 rings (SSSR count). The number of hydrogen-bond acceptors (Lipinski definition) is 5. The molecule has 2 heterocycles. The third-order valence-corrected chi connectivity index (χ3v) is 5.58. The number of nitrogens with zero attached hydrogens (tertiary/aromatic N) is 1. The van der Waals surface area contributed by atoms with E-state index in [2.05, 4.69) is 0 Å². The molecule has 3 aromatic rings. The van der Waals surface area contributed by atoms with Crippen LogP contribution >= 0.6 is 11.3 Å². The Bertz CT molecular complexity index is 1110. The van der Waals surface area contributed by atoms with Crippen LogP contribution in [0.4, 0.5) is 10.1 Å². The fourth-order valence-electron chi connectivity index (χ4n) is 3.36. The number of rotatable bonds is 5. The molecule has 0 radical (unpaired) electrons. The minimum atomic E-state index is -0.898. The summed E-state index contributed by atoms with van der Waals surface area (Å²) in [5.74, 6) is -1.67. The van der Waals surface area contributed by atoms with Crippen LogP contribution in [0.15, 0.2) is 77.4 Å². The Morgan fingerprint density at radius 3 is 2.55 bits per heavy atom. The van der Waals surface area contributed by atoms with Gasteiger partial charge in [0.05, 0.1) is 23.6 Å². The summed E-state index contributed by atoms with van der Waals surface area (Å²) in [6.07, 6.45) is 0. The van der Waals surface area contributed by atoms with E-state index in [-0.39, 0.29) is 5.57 Å². The van der Waals surface area contributed by atoms with Crippen molar-refractivity contribution in [3.63, 3.8) is 0 Å². The number of ether oxygens (including phenoxy) is 1. The van der Waals surface area contributed by atoms with Crippen LogP contribution in [0, 0.1) is 5.82 Å². The molecule has 0 saturated heterocycles. The zero-order chi connectivity index (χ0) is 20.5. The molecule has 1 amide bonds. The summed E-state index contributed by atoms with van der Waals surface area (Å²) >= 11 is 1.22. The van der Waals surface area contributed by atoms with Gasteiger partial charge in [0.1, 0.15) is 11.6 Å². The summed E-state index contributed by atoms with van der Waals surface area (Å²) in [5.41, 5.74) is 0.919. The molecule has 146 valence electrons. The van der Waals surface area contributed by atoms with Gasteiger partial charge in [-0.25, -0.2) is 4.39 Å².